The van der Waals surface area contributed by atoms with Crippen LogP contribution in [0.2, 0.25) is 0 Å². The van der Waals surface area contributed by atoms with Gasteiger partial charge in [-0.05, 0) is 57.9 Å². The molecule has 20 heavy (non-hydrogen) atoms. The lowest BCUT2D eigenvalue weighted by Crippen LogP contribution is -2.42. The zero-order chi connectivity index (χ0) is 14.5. The molecule has 4 heteroatoms. The van der Waals surface area contributed by atoms with E-state index in [1.165, 1.54) is 25.7 Å². The lowest BCUT2D eigenvalue weighted by molar-refractivity contribution is 0.207. The fourth-order valence-electron chi connectivity index (χ4n) is 3.41. The van der Waals surface area contributed by atoms with Gasteiger partial charge in [0.25, 0.3) is 0 Å². The van der Waals surface area contributed by atoms with Crippen molar-refractivity contribution in [1.82, 2.24) is 20.1 Å². The average molecular weight is 278 g/mol. The summed E-state index contributed by atoms with van der Waals surface area (Å²) in [6, 6.07) is 1.05. The first-order valence-corrected chi connectivity index (χ1v) is 8.23. The van der Waals surface area contributed by atoms with Gasteiger partial charge in [-0.15, -0.1) is 0 Å². The molecule has 0 aromatic carbocycles. The van der Waals surface area contributed by atoms with E-state index in [4.69, 9.17) is 0 Å². The van der Waals surface area contributed by atoms with E-state index in [0.717, 1.165) is 24.7 Å². The standard InChI is InChI=1S/C16H30N4/c1-5-8-17-15-7-6-13(4)9-14(15)10-16-18-11-19-20(16)12(2)3/h11-15,17H,5-10H2,1-4H3. The van der Waals surface area contributed by atoms with E-state index in [1.54, 1.807) is 6.33 Å². The van der Waals surface area contributed by atoms with E-state index in [9.17, 15) is 0 Å². The van der Waals surface area contributed by atoms with Crippen LogP contribution in [0.4, 0.5) is 0 Å². The highest BCUT2D eigenvalue weighted by Gasteiger charge is 2.29. The molecule has 1 N–H and O–H groups in total. The largest absolute Gasteiger partial charge is 0.314 e. The minimum absolute atomic E-state index is 0.399. The normalized spacial score (nSPS) is 27.1. The summed E-state index contributed by atoms with van der Waals surface area (Å²) in [5.74, 6) is 2.70. The van der Waals surface area contributed by atoms with Crippen molar-refractivity contribution in [1.29, 1.82) is 0 Å². The molecule has 0 radical (unpaired) electrons. The van der Waals surface area contributed by atoms with Crippen molar-refractivity contribution in [3.63, 3.8) is 0 Å². The Hall–Kier alpha value is -0.900. The molecule has 3 atom stereocenters. The Morgan fingerprint density at radius 1 is 1.40 bits per heavy atom. The summed E-state index contributed by atoms with van der Waals surface area (Å²) in [5.41, 5.74) is 0. The fourth-order valence-corrected chi connectivity index (χ4v) is 3.41. The Kier molecular flexibility index (Phi) is 5.58. The molecule has 0 amide bonds. The van der Waals surface area contributed by atoms with Gasteiger partial charge in [0.2, 0.25) is 0 Å². The predicted octanol–water partition coefficient (Wildman–Crippen LogP) is 3.21. The average Bonchev–Trinajstić information content (AvgIpc) is 2.86. The zero-order valence-corrected chi connectivity index (χ0v) is 13.5. The molecule has 0 spiro atoms. The van der Waals surface area contributed by atoms with Crippen molar-refractivity contribution in [2.24, 2.45) is 11.8 Å². The summed E-state index contributed by atoms with van der Waals surface area (Å²) < 4.78 is 2.08. The Morgan fingerprint density at radius 2 is 2.20 bits per heavy atom. The second-order valence-corrected chi connectivity index (χ2v) is 6.66. The smallest absolute Gasteiger partial charge is 0.138 e. The van der Waals surface area contributed by atoms with Gasteiger partial charge in [-0.3, -0.25) is 0 Å². The fraction of sp³-hybridized carbons (Fsp3) is 0.875. The third kappa shape index (κ3) is 3.81. The quantitative estimate of drug-likeness (QED) is 0.869. The van der Waals surface area contributed by atoms with Crippen LogP contribution in [0.15, 0.2) is 6.33 Å². The maximum absolute atomic E-state index is 4.50. The molecule has 1 aromatic heterocycles. The van der Waals surface area contributed by atoms with E-state index in [-0.39, 0.29) is 0 Å². The Morgan fingerprint density at radius 3 is 2.90 bits per heavy atom. The van der Waals surface area contributed by atoms with Crippen LogP contribution in [-0.2, 0) is 6.42 Å². The number of hydrogen-bond donors (Lipinski definition) is 1. The Balaban J connectivity index is 2.04. The number of rotatable bonds is 6. The Labute approximate surface area is 123 Å². The minimum Gasteiger partial charge on any atom is -0.314 e. The molecule has 1 saturated carbocycles. The van der Waals surface area contributed by atoms with E-state index < -0.39 is 0 Å². The van der Waals surface area contributed by atoms with Crippen LogP contribution in [-0.4, -0.2) is 27.4 Å². The van der Waals surface area contributed by atoms with E-state index in [0.29, 0.717) is 18.0 Å². The SMILES string of the molecule is CCCNC1CCC(C)CC1Cc1ncnn1C(C)C. The van der Waals surface area contributed by atoms with Crippen molar-refractivity contribution in [2.45, 2.75) is 71.9 Å². The van der Waals surface area contributed by atoms with Crippen molar-refractivity contribution >= 4 is 0 Å². The summed E-state index contributed by atoms with van der Waals surface area (Å²) in [7, 11) is 0. The second kappa shape index (κ2) is 7.21. The molecule has 0 saturated heterocycles. The van der Waals surface area contributed by atoms with Crippen LogP contribution in [0, 0.1) is 11.8 Å². The first kappa shape index (κ1) is 15.5. The molecule has 2 rings (SSSR count). The summed E-state index contributed by atoms with van der Waals surface area (Å²) in [6.45, 7) is 10.1. The van der Waals surface area contributed by atoms with Crippen molar-refractivity contribution in [2.75, 3.05) is 6.54 Å². The van der Waals surface area contributed by atoms with E-state index in [2.05, 4.69) is 47.8 Å². The van der Waals surface area contributed by atoms with Crippen molar-refractivity contribution in [3.8, 4) is 0 Å². The Bertz CT molecular complexity index is 397. The molecule has 1 fully saturated rings. The molecule has 4 nitrogen and oxygen atoms in total. The molecule has 1 aromatic rings. The highest BCUT2D eigenvalue weighted by atomic mass is 15.3. The summed E-state index contributed by atoms with van der Waals surface area (Å²) in [6.07, 6.45) is 7.95. The molecule has 0 bridgehead atoms. The molecule has 1 aliphatic rings. The van der Waals surface area contributed by atoms with Gasteiger partial charge >= 0.3 is 0 Å². The number of nitrogens with zero attached hydrogens (tertiary/aromatic N) is 3. The molecular formula is C16H30N4. The maximum atomic E-state index is 4.50. The van der Waals surface area contributed by atoms with Crippen molar-refractivity contribution in [3.05, 3.63) is 12.2 Å². The topological polar surface area (TPSA) is 42.7 Å². The highest BCUT2D eigenvalue weighted by Crippen LogP contribution is 2.31. The highest BCUT2D eigenvalue weighted by molar-refractivity contribution is 4.94. The van der Waals surface area contributed by atoms with Gasteiger partial charge in [-0.1, -0.05) is 13.8 Å². The molecule has 1 aliphatic carbocycles. The van der Waals surface area contributed by atoms with Gasteiger partial charge in [-0.25, -0.2) is 9.67 Å². The van der Waals surface area contributed by atoms with E-state index in [1.807, 2.05) is 0 Å². The molecule has 1 heterocycles. The monoisotopic (exact) mass is 278 g/mol. The molecular weight excluding hydrogens is 248 g/mol. The lowest BCUT2D eigenvalue weighted by Gasteiger charge is -2.35. The van der Waals surface area contributed by atoms with Gasteiger partial charge in [0.05, 0.1) is 0 Å². The van der Waals surface area contributed by atoms with E-state index >= 15 is 0 Å². The second-order valence-electron chi connectivity index (χ2n) is 6.66. The number of hydrogen-bond acceptors (Lipinski definition) is 3. The van der Waals surface area contributed by atoms with Crippen molar-refractivity contribution < 1.29 is 0 Å². The van der Waals surface area contributed by atoms with Gasteiger partial charge in [0, 0.05) is 18.5 Å². The summed E-state index contributed by atoms with van der Waals surface area (Å²) >= 11 is 0. The van der Waals surface area contributed by atoms with Gasteiger partial charge in [0.15, 0.2) is 0 Å². The molecule has 3 unspecified atom stereocenters. The van der Waals surface area contributed by atoms with Gasteiger partial charge in [0.1, 0.15) is 12.2 Å². The summed E-state index contributed by atoms with van der Waals surface area (Å²) in [5, 5.41) is 8.12. The number of nitrogens with one attached hydrogen (secondary N) is 1. The number of aromatic nitrogens is 3. The van der Waals surface area contributed by atoms with Crippen LogP contribution in [0.3, 0.4) is 0 Å². The molecule has 114 valence electrons. The van der Waals surface area contributed by atoms with Crippen LogP contribution in [0.5, 0.6) is 0 Å². The van der Waals surface area contributed by atoms with Crippen LogP contribution >= 0.6 is 0 Å². The van der Waals surface area contributed by atoms with Gasteiger partial charge < -0.3 is 5.32 Å². The molecule has 0 aliphatic heterocycles. The van der Waals surface area contributed by atoms with Crippen LogP contribution in [0.1, 0.15) is 65.2 Å². The van der Waals surface area contributed by atoms with Crippen LogP contribution < -0.4 is 5.32 Å². The third-order valence-electron chi connectivity index (χ3n) is 4.48. The minimum atomic E-state index is 0.399. The lowest BCUT2D eigenvalue weighted by atomic mass is 9.77. The zero-order valence-electron chi connectivity index (χ0n) is 13.5. The first-order chi connectivity index (χ1) is 9.61. The third-order valence-corrected chi connectivity index (χ3v) is 4.48. The maximum Gasteiger partial charge on any atom is 0.138 e. The first-order valence-electron chi connectivity index (χ1n) is 8.23. The van der Waals surface area contributed by atoms with Crippen LogP contribution in [0.25, 0.3) is 0 Å². The summed E-state index contributed by atoms with van der Waals surface area (Å²) in [4.78, 5) is 4.50. The van der Waals surface area contributed by atoms with Gasteiger partial charge in [-0.2, -0.15) is 5.10 Å². The predicted molar refractivity (Wildman–Crippen MR) is 82.7 cm³/mol.